The third-order valence-electron chi connectivity index (χ3n) is 4.96. The fraction of sp³-hybridized carbons (Fsp3) is 0.391. The molecule has 0 unspecified atom stereocenters. The van der Waals surface area contributed by atoms with Gasteiger partial charge in [0.15, 0.2) is 0 Å². The van der Waals surface area contributed by atoms with E-state index in [9.17, 15) is 4.79 Å². The Bertz CT molecular complexity index is 811. The smallest absolute Gasteiger partial charge is 0.338 e. The van der Waals surface area contributed by atoms with Crippen molar-refractivity contribution in [2.75, 3.05) is 0 Å². The van der Waals surface area contributed by atoms with E-state index in [-0.39, 0.29) is 5.97 Å². The van der Waals surface area contributed by atoms with Crippen LogP contribution in [0.15, 0.2) is 41.4 Å². The molecule has 1 aliphatic carbocycles. The Kier molecular flexibility index (Phi) is 5.87. The van der Waals surface area contributed by atoms with Crippen molar-refractivity contribution in [3.05, 3.63) is 64.2 Å². The van der Waals surface area contributed by atoms with Gasteiger partial charge in [-0.1, -0.05) is 36.2 Å². The number of benzene rings is 2. The first-order valence-corrected chi connectivity index (χ1v) is 9.43. The second-order valence-electron chi connectivity index (χ2n) is 7.25. The van der Waals surface area contributed by atoms with Gasteiger partial charge >= 0.3 is 5.97 Å². The molecule has 0 aromatic heterocycles. The molecule has 3 rings (SSSR count). The molecule has 0 bridgehead atoms. The van der Waals surface area contributed by atoms with Crippen molar-refractivity contribution in [1.29, 1.82) is 0 Å². The average molecular weight is 349 g/mol. The van der Waals surface area contributed by atoms with Crippen LogP contribution in [-0.4, -0.2) is 11.7 Å². The quantitative estimate of drug-likeness (QED) is 0.634. The summed E-state index contributed by atoms with van der Waals surface area (Å²) in [5, 5.41) is 0. The summed E-state index contributed by atoms with van der Waals surface area (Å²) in [6.45, 7) is 6.30. The van der Waals surface area contributed by atoms with E-state index in [1.807, 2.05) is 57.2 Å². The van der Waals surface area contributed by atoms with Crippen LogP contribution in [0.5, 0.6) is 0 Å². The summed E-state index contributed by atoms with van der Waals surface area (Å²) in [6.07, 6.45) is 5.97. The monoisotopic (exact) mass is 349 g/mol. The number of aryl methyl sites for hydroxylation is 3. The van der Waals surface area contributed by atoms with Crippen LogP contribution < -0.4 is 0 Å². The highest BCUT2D eigenvalue weighted by atomic mass is 16.5. The molecule has 2 aromatic rings. The van der Waals surface area contributed by atoms with Gasteiger partial charge in [-0.05, 0) is 75.3 Å². The lowest BCUT2D eigenvalue weighted by Gasteiger charge is -2.14. The summed E-state index contributed by atoms with van der Waals surface area (Å²) in [5.74, 6) is -0.275. The molecule has 0 radical (unpaired) electrons. The largest absolute Gasteiger partial charge is 0.457 e. The number of carbonyl (C=O) groups excluding carboxylic acids is 1. The van der Waals surface area contributed by atoms with Gasteiger partial charge in [0.2, 0.25) is 0 Å². The first-order chi connectivity index (χ1) is 12.5. The molecule has 3 heteroatoms. The highest BCUT2D eigenvalue weighted by Gasteiger charge is 2.14. The highest BCUT2D eigenvalue weighted by Crippen LogP contribution is 2.27. The molecule has 0 heterocycles. The number of nitrogens with zero attached hydrogens (tertiary/aromatic N) is 1. The summed E-state index contributed by atoms with van der Waals surface area (Å²) >= 11 is 0. The molecule has 0 aliphatic heterocycles. The van der Waals surface area contributed by atoms with E-state index in [0.717, 1.165) is 35.2 Å². The van der Waals surface area contributed by atoms with Crippen LogP contribution in [0, 0.1) is 20.8 Å². The summed E-state index contributed by atoms with van der Waals surface area (Å²) in [5.41, 5.74) is 7.03. The zero-order valence-corrected chi connectivity index (χ0v) is 16.0. The van der Waals surface area contributed by atoms with E-state index >= 15 is 0 Å². The lowest BCUT2D eigenvalue weighted by molar-refractivity contribution is 0.0472. The number of esters is 1. The summed E-state index contributed by atoms with van der Waals surface area (Å²) < 4.78 is 5.50. The van der Waals surface area contributed by atoms with Gasteiger partial charge in [-0.15, -0.1) is 0 Å². The number of hydrogen-bond acceptors (Lipinski definition) is 3. The summed E-state index contributed by atoms with van der Waals surface area (Å²) in [7, 11) is 0. The second-order valence-corrected chi connectivity index (χ2v) is 7.25. The van der Waals surface area contributed by atoms with Crippen LogP contribution in [0.25, 0.3) is 0 Å². The molecule has 1 aliphatic rings. The van der Waals surface area contributed by atoms with Gasteiger partial charge < -0.3 is 4.74 Å². The van der Waals surface area contributed by atoms with Crippen LogP contribution in [0.2, 0.25) is 0 Å². The van der Waals surface area contributed by atoms with Crippen LogP contribution in [0.4, 0.5) is 5.69 Å². The molecule has 0 N–H and O–H groups in total. The van der Waals surface area contributed by atoms with Crippen molar-refractivity contribution in [2.45, 2.75) is 59.5 Å². The number of rotatable bonds is 4. The first kappa shape index (κ1) is 18.4. The predicted molar refractivity (Wildman–Crippen MR) is 106 cm³/mol. The Balaban J connectivity index is 1.72. The molecule has 26 heavy (non-hydrogen) atoms. The maximum atomic E-state index is 12.5. The molecular formula is C23H27NO2. The van der Waals surface area contributed by atoms with E-state index in [1.54, 1.807) is 0 Å². The molecule has 2 aromatic carbocycles. The number of aliphatic imine (C=N–C) groups is 1. The van der Waals surface area contributed by atoms with Crippen LogP contribution in [-0.2, 0) is 11.3 Å². The van der Waals surface area contributed by atoms with Crippen molar-refractivity contribution >= 4 is 17.4 Å². The van der Waals surface area contributed by atoms with Gasteiger partial charge in [0, 0.05) is 5.71 Å². The van der Waals surface area contributed by atoms with Crippen molar-refractivity contribution in [2.24, 2.45) is 4.99 Å². The molecule has 1 fully saturated rings. The van der Waals surface area contributed by atoms with Gasteiger partial charge in [-0.2, -0.15) is 0 Å². The van der Waals surface area contributed by atoms with Crippen molar-refractivity contribution in [3.8, 4) is 0 Å². The van der Waals surface area contributed by atoms with E-state index in [4.69, 9.17) is 9.73 Å². The van der Waals surface area contributed by atoms with Crippen LogP contribution in [0.3, 0.4) is 0 Å². The first-order valence-electron chi connectivity index (χ1n) is 9.43. The van der Waals surface area contributed by atoms with E-state index < -0.39 is 0 Å². The standard InChI is InChI=1S/C23H27NO2/c1-16-9-11-19(12-10-16)15-26-23(25)21-13-18(3)22(14-17(21)2)24-20-7-5-4-6-8-20/h9-14H,4-8,15H2,1-3H3. The third-order valence-corrected chi connectivity index (χ3v) is 4.96. The van der Waals surface area contributed by atoms with Gasteiger partial charge in [0.1, 0.15) is 6.61 Å². The Labute approximate surface area is 156 Å². The van der Waals surface area contributed by atoms with Gasteiger partial charge in [-0.3, -0.25) is 4.99 Å². The lowest BCUT2D eigenvalue weighted by atomic mass is 9.98. The second kappa shape index (κ2) is 8.31. The maximum absolute atomic E-state index is 12.5. The molecule has 3 nitrogen and oxygen atoms in total. The zero-order valence-electron chi connectivity index (χ0n) is 16.0. The number of carbonyl (C=O) groups is 1. The highest BCUT2D eigenvalue weighted by molar-refractivity contribution is 5.93. The van der Waals surface area contributed by atoms with E-state index in [2.05, 4.69) is 0 Å². The van der Waals surface area contributed by atoms with Crippen LogP contribution in [0.1, 0.15) is 64.7 Å². The molecule has 0 spiro atoms. The molecular weight excluding hydrogens is 322 g/mol. The average Bonchev–Trinajstić information content (AvgIpc) is 2.64. The summed E-state index contributed by atoms with van der Waals surface area (Å²) in [4.78, 5) is 17.3. The molecule has 0 saturated heterocycles. The minimum atomic E-state index is -0.275. The topological polar surface area (TPSA) is 38.7 Å². The Morgan fingerprint density at radius 1 is 0.962 bits per heavy atom. The van der Waals surface area contributed by atoms with Gasteiger partial charge in [0.05, 0.1) is 11.3 Å². The number of hydrogen-bond donors (Lipinski definition) is 0. The Hall–Kier alpha value is -2.42. The van der Waals surface area contributed by atoms with Gasteiger partial charge in [-0.25, -0.2) is 4.79 Å². The fourth-order valence-electron chi connectivity index (χ4n) is 3.29. The van der Waals surface area contributed by atoms with Crippen molar-refractivity contribution in [1.82, 2.24) is 0 Å². The fourth-order valence-corrected chi connectivity index (χ4v) is 3.29. The molecule has 0 atom stereocenters. The molecule has 1 saturated carbocycles. The SMILES string of the molecule is Cc1ccc(COC(=O)c2cc(C)c(N=C3CCCCC3)cc2C)cc1. The maximum Gasteiger partial charge on any atom is 0.338 e. The minimum absolute atomic E-state index is 0.275. The predicted octanol–water partition coefficient (Wildman–Crippen LogP) is 6.01. The lowest BCUT2D eigenvalue weighted by Crippen LogP contribution is -2.08. The molecule has 136 valence electrons. The Morgan fingerprint density at radius 3 is 2.35 bits per heavy atom. The van der Waals surface area contributed by atoms with E-state index in [1.165, 1.54) is 30.5 Å². The minimum Gasteiger partial charge on any atom is -0.457 e. The normalized spacial score (nSPS) is 14.2. The van der Waals surface area contributed by atoms with E-state index in [0.29, 0.717) is 12.2 Å². The third kappa shape index (κ3) is 4.60. The van der Waals surface area contributed by atoms with Gasteiger partial charge in [0.25, 0.3) is 0 Å². The van der Waals surface area contributed by atoms with Crippen LogP contribution >= 0.6 is 0 Å². The van der Waals surface area contributed by atoms with Crippen molar-refractivity contribution in [3.63, 3.8) is 0 Å². The Morgan fingerprint density at radius 2 is 1.65 bits per heavy atom. The zero-order chi connectivity index (χ0) is 18.5. The van der Waals surface area contributed by atoms with Crippen molar-refractivity contribution < 1.29 is 9.53 Å². The summed E-state index contributed by atoms with van der Waals surface area (Å²) in [6, 6.07) is 12.0. The molecule has 0 amide bonds. The number of ether oxygens (including phenoxy) is 1.